The molecule has 0 saturated carbocycles. The van der Waals surface area contributed by atoms with Gasteiger partial charge in [0.15, 0.2) is 0 Å². The Morgan fingerprint density at radius 3 is 2.08 bits per heavy atom. The van der Waals surface area contributed by atoms with Gasteiger partial charge in [0.05, 0.1) is 16.1 Å². The molecule has 1 N–H and O–H groups in total. The second-order valence-electron chi connectivity index (χ2n) is 11.6. The number of amides is 2. The molecule has 0 radical (unpaired) electrons. The van der Waals surface area contributed by atoms with E-state index in [0.717, 1.165) is 17.7 Å². The molecule has 4 aromatic rings. The zero-order chi connectivity index (χ0) is 35.9. The zero-order valence-corrected chi connectivity index (χ0v) is 29.4. The maximum absolute atomic E-state index is 14.6. The van der Waals surface area contributed by atoms with E-state index >= 15 is 0 Å². The molecule has 2 atom stereocenters. The van der Waals surface area contributed by atoms with Gasteiger partial charge in [0.1, 0.15) is 12.6 Å². The highest BCUT2D eigenvalue weighted by Gasteiger charge is 2.37. The van der Waals surface area contributed by atoms with E-state index in [9.17, 15) is 31.2 Å². The number of benzene rings is 4. The average Bonchev–Trinajstić information content (AvgIpc) is 3.06. The van der Waals surface area contributed by atoms with E-state index in [1.807, 2.05) is 6.92 Å². The molecule has 13 heteroatoms. The summed E-state index contributed by atoms with van der Waals surface area (Å²) in [6, 6.07) is 21.6. The van der Waals surface area contributed by atoms with Crippen molar-refractivity contribution in [2.24, 2.45) is 0 Å². The number of nitrogens with one attached hydrogen (secondary N) is 1. The monoisotopic (exact) mass is 733 g/mol. The minimum atomic E-state index is -4.79. The first kappa shape index (κ1) is 37.8. The van der Waals surface area contributed by atoms with E-state index in [-0.39, 0.29) is 39.6 Å². The Hall–Kier alpha value is -4.06. The summed E-state index contributed by atoms with van der Waals surface area (Å²) in [5.74, 6) is -1.38. The fraction of sp³-hybridized carbons (Fsp3) is 0.278. The smallest absolute Gasteiger partial charge is 0.352 e. The van der Waals surface area contributed by atoms with Crippen LogP contribution in [0, 0.1) is 6.92 Å². The molecular formula is C36H36Cl2F3N3O4S. The van der Waals surface area contributed by atoms with Gasteiger partial charge in [0.25, 0.3) is 10.0 Å². The van der Waals surface area contributed by atoms with Crippen LogP contribution in [0.25, 0.3) is 0 Å². The minimum absolute atomic E-state index is 0.0329. The molecule has 0 spiro atoms. The van der Waals surface area contributed by atoms with Crippen molar-refractivity contribution in [3.63, 3.8) is 0 Å². The van der Waals surface area contributed by atoms with Gasteiger partial charge in [-0.3, -0.25) is 13.9 Å². The Balaban J connectivity index is 1.88. The van der Waals surface area contributed by atoms with Crippen LogP contribution in [-0.4, -0.2) is 43.8 Å². The Bertz CT molecular complexity index is 1850. The lowest BCUT2D eigenvalue weighted by molar-refractivity contribution is -0.140. The van der Waals surface area contributed by atoms with Crippen LogP contribution in [0.15, 0.2) is 102 Å². The average molecular weight is 735 g/mol. The number of hydrogen-bond donors (Lipinski definition) is 1. The topological polar surface area (TPSA) is 86.8 Å². The number of rotatable bonds is 13. The largest absolute Gasteiger partial charge is 0.416 e. The van der Waals surface area contributed by atoms with Crippen molar-refractivity contribution < 1.29 is 31.2 Å². The molecule has 260 valence electrons. The first-order valence-electron chi connectivity index (χ1n) is 15.4. The molecule has 0 unspecified atom stereocenters. The molecule has 2 amide bonds. The Kier molecular flexibility index (Phi) is 12.4. The van der Waals surface area contributed by atoms with Gasteiger partial charge in [-0.1, -0.05) is 90.3 Å². The van der Waals surface area contributed by atoms with Crippen LogP contribution in [0.4, 0.5) is 18.9 Å². The fourth-order valence-corrected chi connectivity index (χ4v) is 6.98. The van der Waals surface area contributed by atoms with Crippen LogP contribution in [0.1, 0.15) is 42.5 Å². The predicted octanol–water partition coefficient (Wildman–Crippen LogP) is 8.07. The Morgan fingerprint density at radius 2 is 1.49 bits per heavy atom. The number of sulfonamides is 1. The molecule has 0 heterocycles. The molecule has 0 aliphatic heterocycles. The van der Waals surface area contributed by atoms with E-state index in [0.29, 0.717) is 27.9 Å². The lowest BCUT2D eigenvalue weighted by Gasteiger charge is -2.34. The van der Waals surface area contributed by atoms with E-state index in [1.54, 1.807) is 74.5 Å². The molecule has 0 aromatic heterocycles. The molecule has 4 aromatic carbocycles. The van der Waals surface area contributed by atoms with E-state index < -0.39 is 46.2 Å². The van der Waals surface area contributed by atoms with Crippen molar-refractivity contribution in [1.29, 1.82) is 0 Å². The van der Waals surface area contributed by atoms with Crippen LogP contribution in [0.2, 0.25) is 10.0 Å². The van der Waals surface area contributed by atoms with Gasteiger partial charge in [0.2, 0.25) is 11.8 Å². The molecule has 0 fully saturated rings. The summed E-state index contributed by atoms with van der Waals surface area (Å²) in [4.78, 5) is 29.5. The van der Waals surface area contributed by atoms with E-state index in [1.165, 1.54) is 23.1 Å². The summed E-state index contributed by atoms with van der Waals surface area (Å²) < 4.78 is 70.4. The van der Waals surface area contributed by atoms with Crippen LogP contribution in [0.5, 0.6) is 0 Å². The first-order chi connectivity index (χ1) is 23.1. The molecular weight excluding hydrogens is 698 g/mol. The first-order valence-corrected chi connectivity index (χ1v) is 17.6. The van der Waals surface area contributed by atoms with Gasteiger partial charge in [-0.05, 0) is 68.3 Å². The van der Waals surface area contributed by atoms with Crippen molar-refractivity contribution >= 4 is 50.7 Å². The summed E-state index contributed by atoms with van der Waals surface area (Å²) in [7, 11) is -4.61. The normalized spacial score (nSPS) is 13.0. The summed E-state index contributed by atoms with van der Waals surface area (Å²) in [5, 5.41) is 3.32. The lowest BCUT2D eigenvalue weighted by atomic mass is 10.0. The van der Waals surface area contributed by atoms with Gasteiger partial charge in [-0.2, -0.15) is 13.2 Å². The third-order valence-corrected chi connectivity index (χ3v) is 10.5. The number of aryl methyl sites for hydroxylation is 1. The lowest BCUT2D eigenvalue weighted by Crippen LogP contribution is -2.54. The van der Waals surface area contributed by atoms with Crippen LogP contribution in [-0.2, 0) is 38.8 Å². The highest BCUT2D eigenvalue weighted by atomic mass is 35.5. The van der Waals surface area contributed by atoms with Crippen molar-refractivity contribution in [2.75, 3.05) is 10.8 Å². The highest BCUT2D eigenvalue weighted by molar-refractivity contribution is 7.92. The van der Waals surface area contributed by atoms with Crippen molar-refractivity contribution in [2.45, 2.75) is 63.3 Å². The van der Waals surface area contributed by atoms with Crippen LogP contribution < -0.4 is 9.62 Å². The maximum Gasteiger partial charge on any atom is 0.416 e. The highest BCUT2D eigenvalue weighted by Crippen LogP contribution is 2.34. The SMILES string of the molecule is CC[C@H](C)NC(=O)[C@@H](Cc1ccccc1)N(Cc1c(Cl)cccc1Cl)C(=O)CN(c1cccc(C(F)(F)F)c1)S(=O)(=O)c1ccc(C)cc1. The molecule has 7 nitrogen and oxygen atoms in total. The number of alkyl halides is 3. The molecule has 0 bridgehead atoms. The van der Waals surface area contributed by atoms with Crippen molar-refractivity contribution in [3.05, 3.63) is 129 Å². The van der Waals surface area contributed by atoms with Gasteiger partial charge in [-0.15, -0.1) is 0 Å². The van der Waals surface area contributed by atoms with Gasteiger partial charge < -0.3 is 10.2 Å². The molecule has 0 saturated heterocycles. The summed E-state index contributed by atoms with van der Waals surface area (Å²) in [6.07, 6.45) is -4.17. The van der Waals surface area contributed by atoms with Gasteiger partial charge in [0, 0.05) is 34.6 Å². The quantitative estimate of drug-likeness (QED) is 0.151. The number of carbonyl (C=O) groups is 2. The zero-order valence-electron chi connectivity index (χ0n) is 27.0. The number of hydrogen-bond acceptors (Lipinski definition) is 4. The second-order valence-corrected chi connectivity index (χ2v) is 14.3. The Morgan fingerprint density at radius 1 is 0.878 bits per heavy atom. The Labute approximate surface area is 294 Å². The second kappa shape index (κ2) is 16.1. The fourth-order valence-electron chi connectivity index (χ4n) is 5.05. The number of nitrogens with zero attached hydrogens (tertiary/aromatic N) is 2. The number of anilines is 1. The molecule has 4 rings (SSSR count). The summed E-state index contributed by atoms with van der Waals surface area (Å²) >= 11 is 13.0. The molecule has 0 aliphatic carbocycles. The van der Waals surface area contributed by atoms with Crippen molar-refractivity contribution in [3.8, 4) is 0 Å². The third-order valence-electron chi connectivity index (χ3n) is 8.01. The van der Waals surface area contributed by atoms with Gasteiger partial charge in [-0.25, -0.2) is 8.42 Å². The van der Waals surface area contributed by atoms with Crippen molar-refractivity contribution in [1.82, 2.24) is 10.2 Å². The van der Waals surface area contributed by atoms with Crippen LogP contribution >= 0.6 is 23.2 Å². The standard InChI is InChI=1S/C36H36Cl2F3N3O4S/c1-4-25(3)42-35(46)33(20-26-10-6-5-7-11-26)43(22-30-31(37)14-9-15-32(30)38)34(45)23-44(28-13-8-12-27(21-28)36(39,40)41)49(47,48)29-18-16-24(2)17-19-29/h5-19,21,25,33H,4,20,22-23H2,1-3H3,(H,42,46)/t25-,33+/m0/s1. The van der Waals surface area contributed by atoms with E-state index in [4.69, 9.17) is 23.2 Å². The van der Waals surface area contributed by atoms with Gasteiger partial charge >= 0.3 is 6.18 Å². The number of carbonyl (C=O) groups excluding carboxylic acids is 2. The van der Waals surface area contributed by atoms with Crippen LogP contribution in [0.3, 0.4) is 0 Å². The van der Waals surface area contributed by atoms with E-state index in [2.05, 4.69) is 5.32 Å². The number of halogens is 5. The maximum atomic E-state index is 14.6. The third kappa shape index (κ3) is 9.55. The molecule has 49 heavy (non-hydrogen) atoms. The predicted molar refractivity (Wildman–Crippen MR) is 186 cm³/mol. The summed E-state index contributed by atoms with van der Waals surface area (Å²) in [6.45, 7) is 4.19. The molecule has 0 aliphatic rings. The minimum Gasteiger partial charge on any atom is -0.352 e. The summed E-state index contributed by atoms with van der Waals surface area (Å²) in [5.41, 5.74) is 0.274.